The van der Waals surface area contributed by atoms with E-state index in [9.17, 15) is 4.79 Å². The molecule has 7 heteroatoms. The van der Waals surface area contributed by atoms with Crippen LogP contribution in [0.1, 0.15) is 46.6 Å². The van der Waals surface area contributed by atoms with Crippen LogP contribution in [0.3, 0.4) is 0 Å². The molecule has 0 atom stereocenters. The van der Waals surface area contributed by atoms with Gasteiger partial charge in [0.25, 0.3) is 5.91 Å². The van der Waals surface area contributed by atoms with Crippen LogP contribution in [0.2, 0.25) is 0 Å². The SMILES string of the molecule is Cc1ccc(-c2nn(-c3ccccc3)cc2C(=O)NCc2csc(C(C)C)n2)o1. The Morgan fingerprint density at radius 2 is 2.00 bits per heavy atom. The van der Waals surface area contributed by atoms with Crippen LogP contribution < -0.4 is 5.32 Å². The normalized spacial score (nSPS) is 11.2. The second-order valence-electron chi connectivity index (χ2n) is 7.10. The van der Waals surface area contributed by atoms with Crippen LogP contribution in [0, 0.1) is 6.92 Å². The number of nitrogens with one attached hydrogen (secondary N) is 1. The lowest BCUT2D eigenvalue weighted by molar-refractivity contribution is 0.0951. The molecule has 0 bridgehead atoms. The fourth-order valence-corrected chi connectivity index (χ4v) is 3.77. The molecule has 1 N–H and O–H groups in total. The first-order chi connectivity index (χ1) is 14.0. The molecule has 4 aromatic rings. The summed E-state index contributed by atoms with van der Waals surface area (Å²) in [7, 11) is 0. The first kappa shape index (κ1) is 19.1. The van der Waals surface area contributed by atoms with Gasteiger partial charge in [0, 0.05) is 17.5 Å². The molecule has 0 aliphatic heterocycles. The molecule has 3 heterocycles. The van der Waals surface area contributed by atoms with E-state index in [1.807, 2.05) is 54.8 Å². The summed E-state index contributed by atoms with van der Waals surface area (Å²) in [6.45, 7) is 6.45. The van der Waals surface area contributed by atoms with Gasteiger partial charge in [-0.25, -0.2) is 9.67 Å². The van der Waals surface area contributed by atoms with E-state index < -0.39 is 0 Å². The number of nitrogens with zero attached hydrogens (tertiary/aromatic N) is 3. The maximum atomic E-state index is 13.0. The van der Waals surface area contributed by atoms with Crippen molar-refractivity contribution in [2.75, 3.05) is 0 Å². The smallest absolute Gasteiger partial charge is 0.255 e. The molecule has 0 aliphatic carbocycles. The van der Waals surface area contributed by atoms with Gasteiger partial charge in [-0.2, -0.15) is 5.10 Å². The average molecular weight is 407 g/mol. The van der Waals surface area contributed by atoms with E-state index in [2.05, 4.69) is 29.2 Å². The van der Waals surface area contributed by atoms with Gasteiger partial charge in [-0.1, -0.05) is 32.0 Å². The summed E-state index contributed by atoms with van der Waals surface area (Å²) in [4.78, 5) is 17.6. The van der Waals surface area contributed by atoms with Gasteiger partial charge in [0.1, 0.15) is 11.5 Å². The number of para-hydroxylation sites is 1. The van der Waals surface area contributed by atoms with E-state index in [0.29, 0.717) is 29.5 Å². The second kappa shape index (κ2) is 8.05. The number of hydrogen-bond acceptors (Lipinski definition) is 5. The third-order valence-electron chi connectivity index (χ3n) is 4.45. The van der Waals surface area contributed by atoms with Crippen molar-refractivity contribution in [1.82, 2.24) is 20.1 Å². The molecule has 0 radical (unpaired) electrons. The number of aromatic nitrogens is 3. The highest BCUT2D eigenvalue weighted by Crippen LogP contribution is 2.26. The minimum absolute atomic E-state index is 0.213. The summed E-state index contributed by atoms with van der Waals surface area (Å²) in [5.41, 5.74) is 2.71. The lowest BCUT2D eigenvalue weighted by atomic mass is 10.2. The highest BCUT2D eigenvalue weighted by molar-refractivity contribution is 7.09. The Morgan fingerprint density at radius 1 is 1.21 bits per heavy atom. The van der Waals surface area contributed by atoms with Crippen molar-refractivity contribution in [3.63, 3.8) is 0 Å². The Balaban J connectivity index is 1.62. The molecule has 1 amide bonds. The van der Waals surface area contributed by atoms with Crippen molar-refractivity contribution < 1.29 is 9.21 Å². The average Bonchev–Trinajstić information content (AvgIpc) is 3.46. The van der Waals surface area contributed by atoms with Crippen LogP contribution in [-0.2, 0) is 6.54 Å². The molecular weight excluding hydrogens is 384 g/mol. The predicted octanol–water partition coefficient (Wildman–Crippen LogP) is 4.95. The van der Waals surface area contributed by atoms with Gasteiger partial charge in [-0.05, 0) is 31.2 Å². The largest absolute Gasteiger partial charge is 0.460 e. The molecule has 148 valence electrons. The Labute approximate surface area is 173 Å². The zero-order chi connectivity index (χ0) is 20.4. The Bertz CT molecular complexity index is 1120. The second-order valence-corrected chi connectivity index (χ2v) is 7.99. The van der Waals surface area contributed by atoms with Crippen molar-refractivity contribution >= 4 is 17.2 Å². The van der Waals surface area contributed by atoms with Crippen LogP contribution in [0.4, 0.5) is 0 Å². The first-order valence-corrected chi connectivity index (χ1v) is 10.3. The lowest BCUT2D eigenvalue weighted by Gasteiger charge is -2.03. The van der Waals surface area contributed by atoms with Gasteiger partial charge in [0.15, 0.2) is 5.76 Å². The number of thiazole rings is 1. The first-order valence-electron chi connectivity index (χ1n) is 9.45. The Kier molecular flexibility index (Phi) is 5.31. The minimum atomic E-state index is -0.213. The number of carbonyl (C=O) groups excluding carboxylic acids is 1. The molecular formula is C22H22N4O2S. The van der Waals surface area contributed by atoms with Crippen LogP contribution >= 0.6 is 11.3 Å². The summed E-state index contributed by atoms with van der Waals surface area (Å²) in [6.07, 6.45) is 1.73. The molecule has 1 aromatic carbocycles. The third-order valence-corrected chi connectivity index (χ3v) is 5.64. The number of hydrogen-bond donors (Lipinski definition) is 1. The Morgan fingerprint density at radius 3 is 2.66 bits per heavy atom. The van der Waals surface area contributed by atoms with Gasteiger partial charge in [-0.3, -0.25) is 4.79 Å². The number of aryl methyl sites for hydroxylation is 1. The monoisotopic (exact) mass is 406 g/mol. The van der Waals surface area contributed by atoms with Gasteiger partial charge in [-0.15, -0.1) is 11.3 Å². The Hall–Kier alpha value is -3.19. The zero-order valence-corrected chi connectivity index (χ0v) is 17.4. The van der Waals surface area contributed by atoms with Crippen LogP contribution in [-0.4, -0.2) is 20.7 Å². The van der Waals surface area contributed by atoms with Crippen molar-refractivity contribution in [2.45, 2.75) is 33.2 Å². The van der Waals surface area contributed by atoms with Crippen molar-refractivity contribution in [3.05, 3.63) is 76.1 Å². The summed E-state index contributed by atoms with van der Waals surface area (Å²) in [6, 6.07) is 13.4. The van der Waals surface area contributed by atoms with Gasteiger partial charge < -0.3 is 9.73 Å². The predicted molar refractivity (Wildman–Crippen MR) is 113 cm³/mol. The van der Waals surface area contributed by atoms with Gasteiger partial charge in [0.2, 0.25) is 0 Å². The van der Waals surface area contributed by atoms with Crippen LogP contribution in [0.25, 0.3) is 17.1 Å². The van der Waals surface area contributed by atoms with Crippen LogP contribution in [0.5, 0.6) is 0 Å². The van der Waals surface area contributed by atoms with Crippen molar-refractivity contribution in [3.8, 4) is 17.1 Å². The molecule has 0 spiro atoms. The van der Waals surface area contributed by atoms with E-state index in [1.165, 1.54) is 0 Å². The van der Waals surface area contributed by atoms with Gasteiger partial charge >= 0.3 is 0 Å². The molecule has 0 saturated heterocycles. The van der Waals surface area contributed by atoms with Gasteiger partial charge in [0.05, 0.1) is 28.5 Å². The standard InChI is InChI=1S/C22H22N4O2S/c1-14(2)22-24-16(13-29-22)11-23-21(27)18-12-26(17-7-5-4-6-8-17)25-20(18)19-10-9-15(3)28-19/h4-10,12-14H,11H2,1-3H3,(H,23,27). The fraction of sp³-hybridized carbons (Fsp3) is 0.227. The lowest BCUT2D eigenvalue weighted by Crippen LogP contribution is -2.23. The van der Waals surface area contributed by atoms with E-state index >= 15 is 0 Å². The number of amides is 1. The van der Waals surface area contributed by atoms with Crippen molar-refractivity contribution in [1.29, 1.82) is 0 Å². The van der Waals surface area contributed by atoms with E-state index in [0.717, 1.165) is 22.1 Å². The number of benzene rings is 1. The molecule has 0 unspecified atom stereocenters. The molecule has 29 heavy (non-hydrogen) atoms. The number of furan rings is 1. The van der Waals surface area contributed by atoms with Crippen LogP contribution in [0.15, 0.2) is 58.5 Å². The minimum Gasteiger partial charge on any atom is -0.460 e. The highest BCUT2D eigenvalue weighted by Gasteiger charge is 2.21. The highest BCUT2D eigenvalue weighted by atomic mass is 32.1. The molecule has 0 aliphatic rings. The summed E-state index contributed by atoms with van der Waals surface area (Å²) >= 11 is 1.62. The molecule has 0 saturated carbocycles. The quantitative estimate of drug-likeness (QED) is 0.492. The molecule has 3 aromatic heterocycles. The van der Waals surface area contributed by atoms with E-state index in [-0.39, 0.29) is 5.91 Å². The van der Waals surface area contributed by atoms with E-state index in [1.54, 1.807) is 22.2 Å². The third kappa shape index (κ3) is 4.14. The molecule has 6 nitrogen and oxygen atoms in total. The molecule has 0 fully saturated rings. The zero-order valence-electron chi connectivity index (χ0n) is 16.5. The maximum Gasteiger partial charge on any atom is 0.255 e. The van der Waals surface area contributed by atoms with Crippen molar-refractivity contribution in [2.24, 2.45) is 0 Å². The summed E-state index contributed by atoms with van der Waals surface area (Å²) in [5.74, 6) is 1.50. The summed E-state index contributed by atoms with van der Waals surface area (Å²) < 4.78 is 7.43. The maximum absolute atomic E-state index is 13.0. The number of rotatable bonds is 6. The summed E-state index contributed by atoms with van der Waals surface area (Å²) in [5, 5.41) is 10.6. The number of carbonyl (C=O) groups is 1. The molecule has 4 rings (SSSR count). The fourth-order valence-electron chi connectivity index (χ4n) is 2.93. The topological polar surface area (TPSA) is 73.0 Å². The van der Waals surface area contributed by atoms with E-state index in [4.69, 9.17) is 4.42 Å².